The van der Waals surface area contributed by atoms with E-state index in [0.29, 0.717) is 24.1 Å². The van der Waals surface area contributed by atoms with E-state index in [4.69, 9.17) is 9.84 Å². The van der Waals surface area contributed by atoms with Crippen molar-refractivity contribution in [3.8, 4) is 5.88 Å². The molecular weight excluding hydrogens is 246 g/mol. The number of aliphatic carboxylic acids is 1. The van der Waals surface area contributed by atoms with E-state index in [9.17, 15) is 4.79 Å². The molecule has 0 saturated heterocycles. The van der Waals surface area contributed by atoms with Crippen LogP contribution in [0.15, 0.2) is 6.07 Å². The Labute approximate surface area is 112 Å². The quantitative estimate of drug-likeness (QED) is 0.818. The zero-order valence-corrected chi connectivity index (χ0v) is 11.3. The van der Waals surface area contributed by atoms with Crippen LogP contribution in [-0.4, -0.2) is 33.2 Å². The van der Waals surface area contributed by atoms with Crippen LogP contribution < -0.4 is 10.1 Å². The van der Waals surface area contributed by atoms with Crippen LogP contribution in [0, 0.1) is 6.92 Å². The SMILES string of the molecule is CCOc1cc(NC2(CC(=O)O)CCC2)nc(C)n1. The fourth-order valence-electron chi connectivity index (χ4n) is 2.34. The normalized spacial score (nSPS) is 16.5. The smallest absolute Gasteiger partial charge is 0.305 e. The highest BCUT2D eigenvalue weighted by Gasteiger charge is 2.39. The highest BCUT2D eigenvalue weighted by Crippen LogP contribution is 2.38. The van der Waals surface area contributed by atoms with Gasteiger partial charge in [0.05, 0.1) is 13.0 Å². The van der Waals surface area contributed by atoms with Crippen LogP contribution >= 0.6 is 0 Å². The maximum absolute atomic E-state index is 10.9. The number of aryl methyl sites for hydroxylation is 1. The monoisotopic (exact) mass is 265 g/mol. The number of rotatable bonds is 6. The topological polar surface area (TPSA) is 84.3 Å². The van der Waals surface area contributed by atoms with Crippen molar-refractivity contribution in [1.82, 2.24) is 9.97 Å². The van der Waals surface area contributed by atoms with Gasteiger partial charge in [0.1, 0.15) is 11.6 Å². The lowest BCUT2D eigenvalue weighted by molar-refractivity contribution is -0.138. The average molecular weight is 265 g/mol. The number of aromatic nitrogens is 2. The summed E-state index contributed by atoms with van der Waals surface area (Å²) in [5.41, 5.74) is -0.365. The second-order valence-electron chi connectivity index (χ2n) is 4.90. The number of carboxylic acids is 1. The van der Waals surface area contributed by atoms with E-state index in [0.717, 1.165) is 19.3 Å². The second kappa shape index (κ2) is 5.42. The van der Waals surface area contributed by atoms with Gasteiger partial charge in [-0.2, -0.15) is 4.98 Å². The molecule has 6 heteroatoms. The van der Waals surface area contributed by atoms with Crippen LogP contribution in [0.25, 0.3) is 0 Å². The number of nitrogens with zero attached hydrogens (tertiary/aromatic N) is 2. The van der Waals surface area contributed by atoms with E-state index in [1.165, 1.54) is 0 Å². The standard InChI is InChI=1S/C13H19N3O3/c1-3-19-11-7-10(14-9(2)15-11)16-13(5-4-6-13)8-12(17)18/h7H,3-6,8H2,1-2H3,(H,17,18)(H,14,15,16). The molecule has 0 aromatic carbocycles. The molecule has 1 heterocycles. The first-order chi connectivity index (χ1) is 9.03. The third-order valence-corrected chi connectivity index (χ3v) is 3.30. The lowest BCUT2D eigenvalue weighted by Gasteiger charge is -2.41. The Balaban J connectivity index is 2.15. The van der Waals surface area contributed by atoms with E-state index in [-0.39, 0.29) is 12.0 Å². The Bertz CT molecular complexity index is 472. The lowest BCUT2D eigenvalue weighted by atomic mass is 9.74. The van der Waals surface area contributed by atoms with Crippen molar-refractivity contribution in [2.75, 3.05) is 11.9 Å². The van der Waals surface area contributed by atoms with Gasteiger partial charge in [0, 0.05) is 11.6 Å². The molecule has 0 bridgehead atoms. The molecule has 1 aromatic rings. The minimum absolute atomic E-state index is 0.111. The van der Waals surface area contributed by atoms with Gasteiger partial charge in [0.25, 0.3) is 0 Å². The number of nitrogens with one attached hydrogen (secondary N) is 1. The molecule has 0 amide bonds. The van der Waals surface area contributed by atoms with Crippen molar-refractivity contribution >= 4 is 11.8 Å². The molecule has 0 atom stereocenters. The Hall–Kier alpha value is -1.85. The Morgan fingerprint density at radius 3 is 2.79 bits per heavy atom. The highest BCUT2D eigenvalue weighted by atomic mass is 16.5. The average Bonchev–Trinajstić information content (AvgIpc) is 2.25. The van der Waals surface area contributed by atoms with Gasteiger partial charge in [-0.3, -0.25) is 4.79 Å². The van der Waals surface area contributed by atoms with Crippen molar-refractivity contribution in [3.05, 3.63) is 11.9 Å². The minimum atomic E-state index is -0.789. The number of carboxylic acid groups (broad SMARTS) is 1. The first-order valence-electron chi connectivity index (χ1n) is 6.51. The van der Waals surface area contributed by atoms with E-state index < -0.39 is 5.97 Å². The molecule has 2 N–H and O–H groups in total. The minimum Gasteiger partial charge on any atom is -0.481 e. The lowest BCUT2D eigenvalue weighted by Crippen LogP contribution is -2.47. The van der Waals surface area contributed by atoms with Crippen LogP contribution in [0.1, 0.15) is 38.4 Å². The first-order valence-corrected chi connectivity index (χ1v) is 6.51. The summed E-state index contributed by atoms with van der Waals surface area (Å²) in [7, 11) is 0. The Morgan fingerprint density at radius 2 is 2.26 bits per heavy atom. The van der Waals surface area contributed by atoms with Crippen molar-refractivity contribution in [3.63, 3.8) is 0 Å². The zero-order chi connectivity index (χ0) is 13.9. The molecule has 19 heavy (non-hydrogen) atoms. The highest BCUT2D eigenvalue weighted by molar-refractivity contribution is 5.69. The third-order valence-electron chi connectivity index (χ3n) is 3.30. The third kappa shape index (κ3) is 3.33. The van der Waals surface area contributed by atoms with Gasteiger partial charge < -0.3 is 15.2 Å². The first kappa shape index (κ1) is 13.6. The Kier molecular flexibility index (Phi) is 3.87. The molecule has 1 aliphatic rings. The van der Waals surface area contributed by atoms with Crippen molar-refractivity contribution in [1.29, 1.82) is 0 Å². The second-order valence-corrected chi connectivity index (χ2v) is 4.90. The fourth-order valence-corrected chi connectivity index (χ4v) is 2.34. The molecule has 0 aliphatic heterocycles. The van der Waals surface area contributed by atoms with E-state index >= 15 is 0 Å². The molecule has 104 valence electrons. The predicted molar refractivity (Wildman–Crippen MR) is 70.4 cm³/mol. The largest absolute Gasteiger partial charge is 0.481 e. The van der Waals surface area contributed by atoms with Gasteiger partial charge in [-0.1, -0.05) is 0 Å². The summed E-state index contributed by atoms with van der Waals surface area (Å²) in [5, 5.41) is 12.2. The maximum atomic E-state index is 10.9. The van der Waals surface area contributed by atoms with Crippen LogP contribution in [0.4, 0.5) is 5.82 Å². The molecule has 6 nitrogen and oxygen atoms in total. The zero-order valence-electron chi connectivity index (χ0n) is 11.3. The van der Waals surface area contributed by atoms with Gasteiger partial charge in [0.2, 0.25) is 5.88 Å². The number of hydrogen-bond acceptors (Lipinski definition) is 5. The van der Waals surface area contributed by atoms with E-state index in [1.54, 1.807) is 13.0 Å². The van der Waals surface area contributed by atoms with Crippen LogP contribution in [0.2, 0.25) is 0 Å². The van der Waals surface area contributed by atoms with Crippen LogP contribution in [0.3, 0.4) is 0 Å². The van der Waals surface area contributed by atoms with Crippen molar-refractivity contribution in [2.24, 2.45) is 0 Å². The molecule has 2 rings (SSSR count). The van der Waals surface area contributed by atoms with Gasteiger partial charge in [-0.05, 0) is 33.1 Å². The number of anilines is 1. The summed E-state index contributed by atoms with van der Waals surface area (Å²) in [4.78, 5) is 19.4. The predicted octanol–water partition coefficient (Wildman–Crippen LogP) is 1.99. The molecule has 1 aliphatic carbocycles. The summed E-state index contributed by atoms with van der Waals surface area (Å²) < 4.78 is 5.37. The van der Waals surface area contributed by atoms with E-state index in [1.807, 2.05) is 6.92 Å². The molecule has 1 saturated carbocycles. The Morgan fingerprint density at radius 1 is 1.53 bits per heavy atom. The van der Waals surface area contributed by atoms with Crippen LogP contribution in [-0.2, 0) is 4.79 Å². The molecule has 0 radical (unpaired) electrons. The summed E-state index contributed by atoms with van der Waals surface area (Å²) in [6.07, 6.45) is 2.86. The molecule has 0 spiro atoms. The number of ether oxygens (including phenoxy) is 1. The number of carbonyl (C=O) groups is 1. The van der Waals surface area contributed by atoms with Gasteiger partial charge in [0.15, 0.2) is 0 Å². The summed E-state index contributed by atoms with van der Waals surface area (Å²) in [6.45, 7) is 4.22. The number of hydrogen-bond donors (Lipinski definition) is 2. The van der Waals surface area contributed by atoms with Crippen molar-refractivity contribution < 1.29 is 14.6 Å². The fraction of sp³-hybridized carbons (Fsp3) is 0.615. The molecular formula is C13H19N3O3. The summed E-state index contributed by atoms with van der Waals surface area (Å²) >= 11 is 0. The van der Waals surface area contributed by atoms with Crippen LogP contribution in [0.5, 0.6) is 5.88 Å². The van der Waals surface area contributed by atoms with Gasteiger partial charge in [-0.15, -0.1) is 0 Å². The van der Waals surface area contributed by atoms with Crippen molar-refractivity contribution in [2.45, 2.75) is 45.1 Å². The maximum Gasteiger partial charge on any atom is 0.305 e. The summed E-state index contributed by atoms with van der Waals surface area (Å²) in [6, 6.07) is 1.72. The summed E-state index contributed by atoms with van der Waals surface area (Å²) in [5.74, 6) is 0.973. The van der Waals surface area contributed by atoms with Gasteiger partial charge >= 0.3 is 5.97 Å². The molecule has 1 fully saturated rings. The van der Waals surface area contributed by atoms with E-state index in [2.05, 4.69) is 15.3 Å². The molecule has 1 aromatic heterocycles. The molecule has 0 unspecified atom stereocenters. The van der Waals surface area contributed by atoms with Gasteiger partial charge in [-0.25, -0.2) is 4.98 Å².